The predicted octanol–water partition coefficient (Wildman–Crippen LogP) is 5.25. The summed E-state index contributed by atoms with van der Waals surface area (Å²) in [7, 11) is 0. The molecular weight excluding hydrogens is 385 g/mol. The largest absolute Gasteiger partial charge is 0.322 e. The Morgan fingerprint density at radius 1 is 1.30 bits per heavy atom. The topological polar surface area (TPSA) is 45.2 Å². The summed E-state index contributed by atoms with van der Waals surface area (Å²) in [4.78, 5) is 19.4. The molecule has 2 aromatic carbocycles. The average Bonchev–Trinajstić information content (AvgIpc) is 3.08. The molecule has 4 nitrogen and oxygen atoms in total. The molecule has 2 heterocycles. The molecule has 0 saturated carbocycles. The van der Waals surface area contributed by atoms with Crippen LogP contribution in [0.3, 0.4) is 0 Å². The molecule has 1 aliphatic rings. The van der Waals surface area contributed by atoms with E-state index in [-0.39, 0.29) is 24.2 Å². The number of nitrogens with one attached hydrogen (secondary N) is 1. The molecule has 0 unspecified atom stereocenters. The van der Waals surface area contributed by atoms with E-state index in [0.29, 0.717) is 5.02 Å². The Labute approximate surface area is 166 Å². The molecule has 0 spiro atoms. The van der Waals surface area contributed by atoms with Crippen molar-refractivity contribution in [3.05, 3.63) is 58.3 Å². The molecule has 7 heteroatoms. The standard InChI is InChI=1S/C20H19ClFN3OS/c21-13-8-9-15(14(22)11-13)23-19(26)12-25-10-4-3-6-17(25)20-24-16-5-1-2-7-18(16)27-20/h1-2,5,7-9,11,17H,3-4,6,10,12H2,(H,23,26)/t17-/m0/s1. The third-order valence-corrected chi connectivity index (χ3v) is 6.13. The first-order chi connectivity index (χ1) is 13.1. The van der Waals surface area contributed by atoms with Gasteiger partial charge in [0.05, 0.1) is 28.5 Å². The van der Waals surface area contributed by atoms with Crippen LogP contribution in [0.1, 0.15) is 30.3 Å². The lowest BCUT2D eigenvalue weighted by Crippen LogP contribution is -2.39. The van der Waals surface area contributed by atoms with Crippen molar-refractivity contribution in [3.8, 4) is 0 Å². The van der Waals surface area contributed by atoms with Crippen LogP contribution in [0.15, 0.2) is 42.5 Å². The maximum Gasteiger partial charge on any atom is 0.238 e. The molecule has 140 valence electrons. The molecule has 1 fully saturated rings. The summed E-state index contributed by atoms with van der Waals surface area (Å²) in [6.07, 6.45) is 3.14. The second-order valence-electron chi connectivity index (χ2n) is 6.67. The summed E-state index contributed by atoms with van der Waals surface area (Å²) in [5.74, 6) is -0.763. The van der Waals surface area contributed by atoms with Crippen LogP contribution in [0.5, 0.6) is 0 Å². The van der Waals surface area contributed by atoms with Gasteiger partial charge in [0.2, 0.25) is 5.91 Å². The number of aromatic nitrogens is 1. The highest BCUT2D eigenvalue weighted by Gasteiger charge is 2.28. The number of thiazole rings is 1. The minimum atomic E-state index is -0.530. The number of hydrogen-bond acceptors (Lipinski definition) is 4. The van der Waals surface area contributed by atoms with Crippen LogP contribution >= 0.6 is 22.9 Å². The molecule has 1 N–H and O–H groups in total. The molecule has 1 aliphatic heterocycles. The number of carbonyl (C=O) groups excluding carboxylic acids is 1. The zero-order chi connectivity index (χ0) is 18.8. The van der Waals surface area contributed by atoms with Gasteiger partial charge in [-0.2, -0.15) is 0 Å². The first-order valence-electron chi connectivity index (χ1n) is 8.94. The fraction of sp³-hybridized carbons (Fsp3) is 0.300. The Morgan fingerprint density at radius 2 is 2.15 bits per heavy atom. The van der Waals surface area contributed by atoms with Crippen molar-refractivity contribution >= 4 is 44.7 Å². The van der Waals surface area contributed by atoms with Gasteiger partial charge < -0.3 is 5.32 Å². The number of fused-ring (bicyclic) bond motifs is 1. The summed E-state index contributed by atoms with van der Waals surface area (Å²) >= 11 is 7.45. The van der Waals surface area contributed by atoms with Crippen LogP contribution in [0.4, 0.5) is 10.1 Å². The molecule has 0 radical (unpaired) electrons. The molecule has 0 bridgehead atoms. The monoisotopic (exact) mass is 403 g/mol. The molecule has 1 amide bonds. The number of amides is 1. The van der Waals surface area contributed by atoms with E-state index < -0.39 is 5.82 Å². The van der Waals surface area contributed by atoms with Gasteiger partial charge in [-0.15, -0.1) is 11.3 Å². The fourth-order valence-corrected chi connectivity index (χ4v) is 4.75. The zero-order valence-corrected chi connectivity index (χ0v) is 16.2. The van der Waals surface area contributed by atoms with Crippen LogP contribution in [0.2, 0.25) is 5.02 Å². The maximum absolute atomic E-state index is 13.9. The number of hydrogen-bond donors (Lipinski definition) is 1. The Kier molecular flexibility index (Phi) is 5.38. The van der Waals surface area contributed by atoms with Gasteiger partial charge >= 0.3 is 0 Å². The fourth-order valence-electron chi connectivity index (χ4n) is 3.46. The van der Waals surface area contributed by atoms with Crippen LogP contribution in [-0.4, -0.2) is 28.9 Å². The summed E-state index contributed by atoms with van der Waals surface area (Å²) < 4.78 is 15.1. The van der Waals surface area contributed by atoms with E-state index in [2.05, 4.69) is 16.3 Å². The second kappa shape index (κ2) is 7.92. The van der Waals surface area contributed by atoms with Crippen molar-refractivity contribution < 1.29 is 9.18 Å². The van der Waals surface area contributed by atoms with Crippen molar-refractivity contribution in [2.75, 3.05) is 18.4 Å². The maximum atomic E-state index is 13.9. The molecule has 4 rings (SSSR count). The summed E-state index contributed by atoms with van der Waals surface area (Å²) in [5.41, 5.74) is 1.15. The third-order valence-electron chi connectivity index (χ3n) is 4.76. The number of likely N-dealkylation sites (tertiary alicyclic amines) is 1. The molecule has 27 heavy (non-hydrogen) atoms. The van der Waals surface area contributed by atoms with Gasteiger partial charge in [-0.1, -0.05) is 30.2 Å². The Morgan fingerprint density at radius 3 is 2.96 bits per heavy atom. The number of halogens is 2. The minimum absolute atomic E-state index is 0.122. The van der Waals surface area contributed by atoms with Crippen LogP contribution in [-0.2, 0) is 4.79 Å². The molecule has 3 aromatic rings. The highest BCUT2D eigenvalue weighted by molar-refractivity contribution is 7.18. The van der Waals surface area contributed by atoms with E-state index in [9.17, 15) is 9.18 Å². The van der Waals surface area contributed by atoms with E-state index in [1.54, 1.807) is 17.4 Å². The highest BCUT2D eigenvalue weighted by atomic mass is 35.5. The van der Waals surface area contributed by atoms with Crippen LogP contribution in [0, 0.1) is 5.82 Å². The first-order valence-corrected chi connectivity index (χ1v) is 10.1. The van der Waals surface area contributed by atoms with E-state index >= 15 is 0 Å². The Hall–Kier alpha value is -2.02. The smallest absolute Gasteiger partial charge is 0.238 e. The number of benzene rings is 2. The van der Waals surface area contributed by atoms with Crippen LogP contribution in [0.25, 0.3) is 10.2 Å². The van der Waals surface area contributed by atoms with Gasteiger partial charge in [0.1, 0.15) is 10.8 Å². The van der Waals surface area contributed by atoms with E-state index in [0.717, 1.165) is 41.0 Å². The quantitative estimate of drug-likeness (QED) is 0.646. The predicted molar refractivity (Wildman–Crippen MR) is 108 cm³/mol. The van der Waals surface area contributed by atoms with Crippen molar-refractivity contribution in [1.82, 2.24) is 9.88 Å². The number of rotatable bonds is 4. The molecule has 1 atom stereocenters. The van der Waals surface area contributed by atoms with E-state index in [4.69, 9.17) is 16.6 Å². The normalized spacial score (nSPS) is 17.9. The van der Waals surface area contributed by atoms with Gasteiger partial charge in [-0.25, -0.2) is 9.37 Å². The minimum Gasteiger partial charge on any atom is -0.322 e. The Balaban J connectivity index is 1.49. The molecule has 0 aliphatic carbocycles. The number of para-hydroxylation sites is 1. The first kappa shape index (κ1) is 18.3. The Bertz CT molecular complexity index is 944. The molecule has 1 aromatic heterocycles. The third kappa shape index (κ3) is 4.13. The van der Waals surface area contributed by atoms with Crippen LogP contribution < -0.4 is 5.32 Å². The van der Waals surface area contributed by atoms with Gasteiger partial charge in [-0.3, -0.25) is 9.69 Å². The lowest BCUT2D eigenvalue weighted by Gasteiger charge is -2.33. The summed E-state index contributed by atoms with van der Waals surface area (Å²) in [6, 6.07) is 12.4. The highest BCUT2D eigenvalue weighted by Crippen LogP contribution is 2.35. The summed E-state index contributed by atoms with van der Waals surface area (Å²) in [6.45, 7) is 1.04. The average molecular weight is 404 g/mol. The van der Waals surface area contributed by atoms with Gasteiger partial charge in [0.25, 0.3) is 0 Å². The van der Waals surface area contributed by atoms with Gasteiger partial charge in [0.15, 0.2) is 0 Å². The number of nitrogens with zero attached hydrogens (tertiary/aromatic N) is 2. The number of piperidine rings is 1. The second-order valence-corrected chi connectivity index (χ2v) is 8.17. The van der Waals surface area contributed by atoms with Gasteiger partial charge in [-0.05, 0) is 49.7 Å². The molecule has 1 saturated heterocycles. The number of carbonyl (C=O) groups is 1. The summed E-state index contributed by atoms with van der Waals surface area (Å²) in [5, 5.41) is 4.00. The van der Waals surface area contributed by atoms with Crippen molar-refractivity contribution in [1.29, 1.82) is 0 Å². The lowest BCUT2D eigenvalue weighted by molar-refractivity contribution is -0.118. The SMILES string of the molecule is O=C(CN1CCCC[C@H]1c1nc2ccccc2s1)Nc1ccc(Cl)cc1F. The lowest BCUT2D eigenvalue weighted by atomic mass is 10.0. The van der Waals surface area contributed by atoms with Crippen molar-refractivity contribution in [3.63, 3.8) is 0 Å². The zero-order valence-electron chi connectivity index (χ0n) is 14.6. The van der Waals surface area contributed by atoms with E-state index in [1.807, 2.05) is 18.2 Å². The van der Waals surface area contributed by atoms with E-state index in [1.165, 1.54) is 12.1 Å². The van der Waals surface area contributed by atoms with Gasteiger partial charge in [0, 0.05) is 5.02 Å². The van der Waals surface area contributed by atoms with Crippen molar-refractivity contribution in [2.24, 2.45) is 0 Å². The van der Waals surface area contributed by atoms with Crippen molar-refractivity contribution in [2.45, 2.75) is 25.3 Å². The number of anilines is 1. The molecular formula is C20H19ClFN3OS.